The van der Waals surface area contributed by atoms with Crippen molar-refractivity contribution in [2.45, 2.75) is 17.7 Å². The molecule has 0 aromatic heterocycles. The molecule has 1 aliphatic heterocycles. The van der Waals surface area contributed by atoms with E-state index in [2.05, 4.69) is 0 Å². The van der Waals surface area contributed by atoms with Gasteiger partial charge in [0, 0.05) is 19.7 Å². The summed E-state index contributed by atoms with van der Waals surface area (Å²) < 4.78 is 39.8. The van der Waals surface area contributed by atoms with Crippen LogP contribution in [0, 0.1) is 23.1 Å². The average Bonchev–Trinajstić information content (AvgIpc) is 2.47. The summed E-state index contributed by atoms with van der Waals surface area (Å²) >= 11 is 0. The van der Waals surface area contributed by atoms with Gasteiger partial charge in [0.15, 0.2) is 0 Å². The van der Waals surface area contributed by atoms with Gasteiger partial charge in [-0.3, -0.25) is 0 Å². The predicted molar refractivity (Wildman–Crippen MR) is 69.7 cm³/mol. The number of nitriles is 1. The fourth-order valence-corrected chi connectivity index (χ4v) is 4.07. The highest BCUT2D eigenvalue weighted by atomic mass is 32.2. The number of rotatable bonds is 3. The van der Waals surface area contributed by atoms with Crippen molar-refractivity contribution in [1.82, 2.24) is 4.31 Å². The minimum absolute atomic E-state index is 0.0831. The SMILES string of the molecule is N#Cc1c(F)cccc1S(=O)(=O)N1CCCC(CO)C1. The van der Waals surface area contributed by atoms with E-state index in [9.17, 15) is 12.8 Å². The molecule has 1 aliphatic rings. The van der Waals surface area contributed by atoms with E-state index in [-0.39, 0.29) is 24.0 Å². The number of piperidine rings is 1. The van der Waals surface area contributed by atoms with Crippen molar-refractivity contribution in [3.8, 4) is 6.07 Å². The number of aliphatic hydroxyl groups excluding tert-OH is 1. The number of benzene rings is 1. The van der Waals surface area contributed by atoms with Crippen molar-refractivity contribution in [2.24, 2.45) is 5.92 Å². The van der Waals surface area contributed by atoms with Crippen LogP contribution in [0.5, 0.6) is 0 Å². The number of aliphatic hydroxyl groups is 1. The first-order chi connectivity index (χ1) is 9.50. The molecule has 0 spiro atoms. The summed E-state index contributed by atoms with van der Waals surface area (Å²) in [6.45, 7) is 0.431. The molecule has 1 atom stereocenters. The van der Waals surface area contributed by atoms with Gasteiger partial charge in [-0.25, -0.2) is 12.8 Å². The summed E-state index contributed by atoms with van der Waals surface area (Å²) in [5, 5.41) is 18.1. The maximum atomic E-state index is 13.5. The van der Waals surface area contributed by atoms with Crippen LogP contribution in [-0.4, -0.2) is 37.5 Å². The predicted octanol–water partition coefficient (Wildman–Crippen LogP) is 1.09. The zero-order valence-corrected chi connectivity index (χ0v) is 11.6. The molecule has 108 valence electrons. The summed E-state index contributed by atoms with van der Waals surface area (Å²) in [6, 6.07) is 5.17. The van der Waals surface area contributed by atoms with Crippen molar-refractivity contribution >= 4 is 10.0 Å². The Balaban J connectivity index is 2.41. The highest BCUT2D eigenvalue weighted by Gasteiger charge is 2.32. The summed E-state index contributed by atoms with van der Waals surface area (Å²) in [6.07, 6.45) is 1.40. The van der Waals surface area contributed by atoms with E-state index in [1.54, 1.807) is 6.07 Å². The zero-order valence-electron chi connectivity index (χ0n) is 10.8. The minimum Gasteiger partial charge on any atom is -0.396 e. The lowest BCUT2D eigenvalue weighted by atomic mass is 10.0. The molecule has 0 radical (unpaired) electrons. The third-order valence-corrected chi connectivity index (χ3v) is 5.35. The minimum atomic E-state index is -3.91. The first kappa shape index (κ1) is 14.9. The molecule has 0 bridgehead atoms. The van der Waals surface area contributed by atoms with Gasteiger partial charge >= 0.3 is 0 Å². The van der Waals surface area contributed by atoms with Crippen molar-refractivity contribution < 1.29 is 17.9 Å². The standard InChI is InChI=1S/C13H15FN2O3S/c14-12-4-1-5-13(11(12)7-15)20(18,19)16-6-2-3-10(8-16)9-17/h1,4-5,10,17H,2-3,6,8-9H2. The van der Waals surface area contributed by atoms with Gasteiger partial charge in [0.05, 0.1) is 0 Å². The Morgan fingerprint density at radius 3 is 2.90 bits per heavy atom. The number of halogens is 1. The molecule has 20 heavy (non-hydrogen) atoms. The lowest BCUT2D eigenvalue weighted by Crippen LogP contribution is -2.41. The van der Waals surface area contributed by atoms with Gasteiger partial charge in [-0.05, 0) is 30.9 Å². The van der Waals surface area contributed by atoms with Gasteiger partial charge in [-0.2, -0.15) is 9.57 Å². The van der Waals surface area contributed by atoms with E-state index in [1.165, 1.54) is 16.4 Å². The monoisotopic (exact) mass is 298 g/mol. The van der Waals surface area contributed by atoms with Gasteiger partial charge in [-0.1, -0.05) is 6.07 Å². The highest BCUT2D eigenvalue weighted by molar-refractivity contribution is 7.89. The van der Waals surface area contributed by atoms with Crippen molar-refractivity contribution in [2.75, 3.05) is 19.7 Å². The van der Waals surface area contributed by atoms with E-state index in [1.807, 2.05) is 0 Å². The van der Waals surface area contributed by atoms with Crippen LogP contribution < -0.4 is 0 Å². The first-order valence-corrected chi connectivity index (χ1v) is 7.74. The Kier molecular flexibility index (Phi) is 4.38. The van der Waals surface area contributed by atoms with Crippen molar-refractivity contribution in [3.05, 3.63) is 29.6 Å². The summed E-state index contributed by atoms with van der Waals surface area (Å²) in [7, 11) is -3.91. The fourth-order valence-electron chi connectivity index (χ4n) is 2.36. The van der Waals surface area contributed by atoms with Crippen molar-refractivity contribution in [1.29, 1.82) is 5.26 Å². The van der Waals surface area contributed by atoms with E-state index >= 15 is 0 Å². The third-order valence-electron chi connectivity index (χ3n) is 3.44. The molecule has 1 unspecified atom stereocenters. The molecular formula is C13H15FN2O3S. The molecule has 1 aromatic carbocycles. The third kappa shape index (κ3) is 2.68. The van der Waals surface area contributed by atoms with Crippen LogP contribution in [0.2, 0.25) is 0 Å². The van der Waals surface area contributed by atoms with Gasteiger partial charge < -0.3 is 5.11 Å². The molecule has 5 nitrogen and oxygen atoms in total. The van der Waals surface area contributed by atoms with Crippen LogP contribution in [-0.2, 0) is 10.0 Å². The van der Waals surface area contributed by atoms with Crippen LogP contribution in [0.25, 0.3) is 0 Å². The molecule has 0 aliphatic carbocycles. The number of sulfonamides is 1. The second-order valence-corrected chi connectivity index (χ2v) is 6.69. The topological polar surface area (TPSA) is 81.4 Å². The molecular weight excluding hydrogens is 283 g/mol. The Labute approximate surface area is 117 Å². The second kappa shape index (κ2) is 5.87. The smallest absolute Gasteiger partial charge is 0.244 e. The van der Waals surface area contributed by atoms with Crippen LogP contribution in [0.3, 0.4) is 0 Å². The number of hydrogen-bond donors (Lipinski definition) is 1. The van der Waals surface area contributed by atoms with Crippen LogP contribution in [0.4, 0.5) is 4.39 Å². The van der Waals surface area contributed by atoms with E-state index in [4.69, 9.17) is 10.4 Å². The summed E-state index contributed by atoms with van der Waals surface area (Å²) in [4.78, 5) is -0.307. The Hall–Kier alpha value is -1.49. The summed E-state index contributed by atoms with van der Waals surface area (Å²) in [5.41, 5.74) is -0.460. The lowest BCUT2D eigenvalue weighted by molar-refractivity contribution is 0.165. The largest absolute Gasteiger partial charge is 0.396 e. The Morgan fingerprint density at radius 2 is 2.25 bits per heavy atom. The molecule has 1 heterocycles. The number of nitrogens with zero attached hydrogens (tertiary/aromatic N) is 2. The van der Waals surface area contributed by atoms with Crippen LogP contribution >= 0.6 is 0 Å². The van der Waals surface area contributed by atoms with Gasteiger partial charge in [-0.15, -0.1) is 0 Å². The van der Waals surface area contributed by atoms with E-state index < -0.39 is 21.4 Å². The zero-order chi connectivity index (χ0) is 14.8. The molecule has 0 saturated carbocycles. The van der Waals surface area contributed by atoms with Gasteiger partial charge in [0.2, 0.25) is 10.0 Å². The maximum absolute atomic E-state index is 13.5. The lowest BCUT2D eigenvalue weighted by Gasteiger charge is -2.31. The second-order valence-electron chi connectivity index (χ2n) is 4.78. The average molecular weight is 298 g/mol. The molecule has 7 heteroatoms. The van der Waals surface area contributed by atoms with Crippen LogP contribution in [0.1, 0.15) is 18.4 Å². The molecule has 1 fully saturated rings. The van der Waals surface area contributed by atoms with E-state index in [0.717, 1.165) is 12.5 Å². The quantitative estimate of drug-likeness (QED) is 0.905. The molecule has 1 N–H and O–H groups in total. The van der Waals surface area contributed by atoms with E-state index in [0.29, 0.717) is 13.0 Å². The normalized spacial score (nSPS) is 20.6. The molecule has 0 amide bonds. The fraction of sp³-hybridized carbons (Fsp3) is 0.462. The van der Waals surface area contributed by atoms with Gasteiger partial charge in [0.1, 0.15) is 22.3 Å². The number of hydrogen-bond acceptors (Lipinski definition) is 4. The highest BCUT2D eigenvalue weighted by Crippen LogP contribution is 2.26. The summed E-state index contributed by atoms with van der Waals surface area (Å²) in [5.74, 6) is -0.957. The Bertz CT molecular complexity index is 640. The molecule has 2 rings (SSSR count). The van der Waals surface area contributed by atoms with Crippen LogP contribution in [0.15, 0.2) is 23.1 Å². The maximum Gasteiger partial charge on any atom is 0.244 e. The van der Waals surface area contributed by atoms with Gasteiger partial charge in [0.25, 0.3) is 0 Å². The molecule has 1 aromatic rings. The molecule has 1 saturated heterocycles. The first-order valence-electron chi connectivity index (χ1n) is 6.30. The van der Waals surface area contributed by atoms with Crippen molar-refractivity contribution in [3.63, 3.8) is 0 Å². The Morgan fingerprint density at radius 1 is 1.50 bits per heavy atom.